The molecule has 2 unspecified atom stereocenters. The fourth-order valence-electron chi connectivity index (χ4n) is 3.20. The van der Waals surface area contributed by atoms with E-state index in [1.165, 1.54) is 19.3 Å². The quantitative estimate of drug-likeness (QED) is 0.848. The lowest BCUT2D eigenvalue weighted by Gasteiger charge is -2.34. The predicted octanol–water partition coefficient (Wildman–Crippen LogP) is 2.06. The average molecular weight is 263 g/mol. The lowest BCUT2D eigenvalue weighted by molar-refractivity contribution is -0.127. The topological polar surface area (TPSA) is 56.1 Å². The van der Waals surface area contributed by atoms with Gasteiger partial charge >= 0.3 is 0 Å². The number of hydrogen-bond donors (Lipinski definition) is 1. The van der Waals surface area contributed by atoms with E-state index in [-0.39, 0.29) is 17.9 Å². The average Bonchev–Trinajstić information content (AvgIpc) is 2.47. The van der Waals surface area contributed by atoms with E-state index in [0.29, 0.717) is 6.04 Å². The summed E-state index contributed by atoms with van der Waals surface area (Å²) in [5, 5.41) is 12.2. The van der Waals surface area contributed by atoms with Gasteiger partial charge in [0.1, 0.15) is 0 Å². The summed E-state index contributed by atoms with van der Waals surface area (Å²) in [5.41, 5.74) is 0. The molecule has 2 atom stereocenters. The molecule has 0 radical (unpaired) electrons. The Hall–Kier alpha value is -1.08. The number of hydrogen-bond acceptors (Lipinski definition) is 3. The molecule has 0 bridgehead atoms. The van der Waals surface area contributed by atoms with Crippen LogP contribution in [0.2, 0.25) is 0 Å². The number of nitriles is 1. The summed E-state index contributed by atoms with van der Waals surface area (Å²) >= 11 is 0. The molecule has 0 aromatic rings. The van der Waals surface area contributed by atoms with Crippen molar-refractivity contribution >= 4 is 5.91 Å². The maximum atomic E-state index is 12.3. The summed E-state index contributed by atoms with van der Waals surface area (Å²) in [6, 6.07) is 2.61. The Labute approximate surface area is 116 Å². The van der Waals surface area contributed by atoms with Gasteiger partial charge < -0.3 is 5.32 Å². The van der Waals surface area contributed by atoms with Crippen LogP contribution in [0.4, 0.5) is 0 Å². The van der Waals surface area contributed by atoms with Crippen molar-refractivity contribution in [2.45, 2.75) is 64.0 Å². The van der Waals surface area contributed by atoms with Gasteiger partial charge in [-0.1, -0.05) is 19.3 Å². The van der Waals surface area contributed by atoms with E-state index in [4.69, 9.17) is 5.26 Å². The molecular weight excluding hydrogens is 238 g/mol. The lowest BCUT2D eigenvalue weighted by atomic mass is 9.95. The number of rotatable bonds is 3. The number of amides is 1. The first-order valence-corrected chi connectivity index (χ1v) is 7.64. The van der Waals surface area contributed by atoms with Gasteiger partial charge in [0.15, 0.2) is 0 Å². The second-order valence-electron chi connectivity index (χ2n) is 5.98. The molecule has 1 N–H and O–H groups in total. The molecule has 1 saturated heterocycles. The standard InChI is InChI=1S/C15H25N3O/c1-12(18-9-5-6-13(10-16)11-18)15(19)17-14-7-3-2-4-8-14/h12-14H,2-9,11H2,1H3,(H,17,19). The molecule has 4 heteroatoms. The van der Waals surface area contributed by atoms with Gasteiger partial charge in [-0.2, -0.15) is 5.26 Å². The first-order chi connectivity index (χ1) is 9.20. The summed E-state index contributed by atoms with van der Waals surface area (Å²) in [5.74, 6) is 0.240. The van der Waals surface area contributed by atoms with Crippen molar-refractivity contribution < 1.29 is 4.79 Å². The summed E-state index contributed by atoms with van der Waals surface area (Å²) in [6.07, 6.45) is 8.03. The third kappa shape index (κ3) is 3.94. The summed E-state index contributed by atoms with van der Waals surface area (Å²) in [6.45, 7) is 3.66. The maximum absolute atomic E-state index is 12.3. The third-order valence-electron chi connectivity index (χ3n) is 4.51. The van der Waals surface area contributed by atoms with Gasteiger partial charge in [0, 0.05) is 12.6 Å². The molecule has 1 heterocycles. The van der Waals surface area contributed by atoms with Crippen molar-refractivity contribution in [3.05, 3.63) is 0 Å². The Kier molecular flexibility index (Phi) is 5.21. The van der Waals surface area contributed by atoms with Crippen LogP contribution in [0.15, 0.2) is 0 Å². The zero-order valence-electron chi connectivity index (χ0n) is 11.9. The Morgan fingerprint density at radius 3 is 2.68 bits per heavy atom. The van der Waals surface area contributed by atoms with Crippen LogP contribution >= 0.6 is 0 Å². The Morgan fingerprint density at radius 2 is 2.00 bits per heavy atom. The predicted molar refractivity (Wildman–Crippen MR) is 74.4 cm³/mol. The second-order valence-corrected chi connectivity index (χ2v) is 5.98. The first-order valence-electron chi connectivity index (χ1n) is 7.64. The van der Waals surface area contributed by atoms with Crippen molar-refractivity contribution in [1.29, 1.82) is 5.26 Å². The highest BCUT2D eigenvalue weighted by atomic mass is 16.2. The summed E-state index contributed by atoms with van der Waals surface area (Å²) < 4.78 is 0. The second kappa shape index (κ2) is 6.91. The van der Waals surface area contributed by atoms with Gasteiger partial charge in [-0.15, -0.1) is 0 Å². The minimum Gasteiger partial charge on any atom is -0.352 e. The van der Waals surface area contributed by atoms with Crippen molar-refractivity contribution in [2.75, 3.05) is 13.1 Å². The molecule has 1 amide bonds. The molecule has 1 saturated carbocycles. The molecule has 0 spiro atoms. The van der Waals surface area contributed by atoms with Crippen LogP contribution in [0.25, 0.3) is 0 Å². The number of likely N-dealkylation sites (tertiary alicyclic amines) is 1. The molecule has 0 aromatic carbocycles. The molecular formula is C15H25N3O. The number of carbonyl (C=O) groups is 1. The highest BCUT2D eigenvalue weighted by molar-refractivity contribution is 5.81. The van der Waals surface area contributed by atoms with Crippen LogP contribution in [-0.4, -0.2) is 36.0 Å². The molecule has 2 fully saturated rings. The van der Waals surface area contributed by atoms with Gasteiger partial charge in [-0.25, -0.2) is 0 Å². The van der Waals surface area contributed by atoms with Crippen LogP contribution in [0, 0.1) is 17.2 Å². The summed E-state index contributed by atoms with van der Waals surface area (Å²) in [7, 11) is 0. The zero-order chi connectivity index (χ0) is 13.7. The Morgan fingerprint density at radius 1 is 1.26 bits per heavy atom. The van der Waals surface area contributed by atoms with E-state index in [9.17, 15) is 4.79 Å². The minimum absolute atomic E-state index is 0.0960. The van der Waals surface area contributed by atoms with E-state index in [1.54, 1.807) is 0 Å². The molecule has 2 aliphatic rings. The fraction of sp³-hybridized carbons (Fsp3) is 0.867. The molecule has 0 aromatic heterocycles. The number of carbonyl (C=O) groups excluding carboxylic acids is 1. The van der Waals surface area contributed by atoms with Gasteiger partial charge in [-0.3, -0.25) is 9.69 Å². The molecule has 1 aliphatic carbocycles. The molecule has 19 heavy (non-hydrogen) atoms. The van der Waals surface area contributed by atoms with Gasteiger partial charge in [0.2, 0.25) is 5.91 Å². The van der Waals surface area contributed by atoms with Crippen molar-refractivity contribution in [3.63, 3.8) is 0 Å². The smallest absolute Gasteiger partial charge is 0.237 e. The molecule has 4 nitrogen and oxygen atoms in total. The summed E-state index contributed by atoms with van der Waals surface area (Å²) in [4.78, 5) is 14.4. The zero-order valence-corrected chi connectivity index (χ0v) is 11.9. The van der Waals surface area contributed by atoms with Crippen molar-refractivity contribution in [1.82, 2.24) is 10.2 Å². The van der Waals surface area contributed by atoms with Crippen molar-refractivity contribution in [2.24, 2.45) is 5.92 Å². The monoisotopic (exact) mass is 263 g/mol. The number of piperidine rings is 1. The van der Waals surface area contributed by atoms with Crippen LogP contribution in [-0.2, 0) is 4.79 Å². The largest absolute Gasteiger partial charge is 0.352 e. The Balaban J connectivity index is 1.82. The van der Waals surface area contributed by atoms with Gasteiger partial charge in [-0.05, 0) is 39.2 Å². The van der Waals surface area contributed by atoms with Gasteiger partial charge in [0.25, 0.3) is 0 Å². The highest BCUT2D eigenvalue weighted by Gasteiger charge is 2.28. The maximum Gasteiger partial charge on any atom is 0.237 e. The van der Waals surface area contributed by atoms with Gasteiger partial charge in [0.05, 0.1) is 18.0 Å². The fourth-order valence-corrected chi connectivity index (χ4v) is 3.20. The van der Waals surface area contributed by atoms with Crippen LogP contribution in [0.5, 0.6) is 0 Å². The van der Waals surface area contributed by atoms with Crippen LogP contribution in [0.1, 0.15) is 51.9 Å². The van der Waals surface area contributed by atoms with Crippen LogP contribution in [0.3, 0.4) is 0 Å². The van der Waals surface area contributed by atoms with E-state index in [2.05, 4.69) is 16.3 Å². The Bertz CT molecular complexity index is 344. The first kappa shape index (κ1) is 14.3. The molecule has 2 rings (SSSR count). The van der Waals surface area contributed by atoms with E-state index in [1.807, 2.05) is 6.92 Å². The lowest BCUT2D eigenvalue weighted by Crippen LogP contribution is -2.51. The minimum atomic E-state index is -0.0990. The van der Waals surface area contributed by atoms with E-state index < -0.39 is 0 Å². The van der Waals surface area contributed by atoms with E-state index in [0.717, 1.165) is 38.8 Å². The number of nitrogens with zero attached hydrogens (tertiary/aromatic N) is 2. The van der Waals surface area contributed by atoms with Crippen LogP contribution < -0.4 is 5.32 Å². The highest BCUT2D eigenvalue weighted by Crippen LogP contribution is 2.20. The number of nitrogens with one attached hydrogen (secondary N) is 1. The SMILES string of the molecule is CC(C(=O)NC1CCCCC1)N1CCCC(C#N)C1. The third-order valence-corrected chi connectivity index (χ3v) is 4.51. The molecule has 106 valence electrons. The molecule has 1 aliphatic heterocycles. The van der Waals surface area contributed by atoms with Crippen molar-refractivity contribution in [3.8, 4) is 6.07 Å². The van der Waals surface area contributed by atoms with E-state index >= 15 is 0 Å². The normalized spacial score (nSPS) is 27.5.